The van der Waals surface area contributed by atoms with Crippen molar-refractivity contribution < 1.29 is 13.9 Å². The van der Waals surface area contributed by atoms with Gasteiger partial charge < -0.3 is 9.72 Å². The van der Waals surface area contributed by atoms with Crippen LogP contribution in [0.4, 0.5) is 4.39 Å². The van der Waals surface area contributed by atoms with Crippen LogP contribution in [0.1, 0.15) is 10.4 Å². The van der Waals surface area contributed by atoms with Gasteiger partial charge in [-0.25, -0.2) is 9.18 Å². The van der Waals surface area contributed by atoms with Crippen molar-refractivity contribution in [3.8, 4) is 0 Å². The molecule has 0 radical (unpaired) electrons. The van der Waals surface area contributed by atoms with Gasteiger partial charge in [0.2, 0.25) is 0 Å². The average Bonchev–Trinajstić information content (AvgIpc) is 2.58. The first-order chi connectivity index (χ1) is 7.13. The quantitative estimate of drug-likeness (QED) is 0.811. The van der Waals surface area contributed by atoms with Gasteiger partial charge in [0, 0.05) is 21.6 Å². The Bertz CT molecular complexity index is 535. The number of nitrogens with one attached hydrogen (secondary N) is 1. The third-order valence-corrected chi connectivity index (χ3v) is 2.78. The predicted octanol–water partition coefficient (Wildman–Crippen LogP) is 2.86. The number of aromatic amines is 1. The van der Waals surface area contributed by atoms with Gasteiger partial charge in [-0.15, -0.1) is 0 Å². The molecule has 78 valence electrons. The fraction of sp³-hybridized carbons (Fsp3) is 0.100. The molecule has 0 fully saturated rings. The van der Waals surface area contributed by atoms with Gasteiger partial charge in [-0.05, 0) is 28.1 Å². The number of fused-ring (bicyclic) bond motifs is 1. The molecule has 0 saturated heterocycles. The second kappa shape index (κ2) is 3.66. The van der Waals surface area contributed by atoms with Crippen LogP contribution in [0.15, 0.2) is 22.8 Å². The third-order valence-electron chi connectivity index (χ3n) is 2.12. The number of aromatic nitrogens is 1. The highest BCUT2D eigenvalue weighted by molar-refractivity contribution is 9.10. The van der Waals surface area contributed by atoms with E-state index in [4.69, 9.17) is 0 Å². The lowest BCUT2D eigenvalue weighted by Crippen LogP contribution is -2.04. The van der Waals surface area contributed by atoms with Gasteiger partial charge in [0.25, 0.3) is 0 Å². The highest BCUT2D eigenvalue weighted by Gasteiger charge is 2.14. The minimum Gasteiger partial charge on any atom is -0.465 e. The van der Waals surface area contributed by atoms with Crippen LogP contribution in [0.3, 0.4) is 0 Å². The molecule has 5 heteroatoms. The maximum atomic E-state index is 13.5. The van der Waals surface area contributed by atoms with Crippen molar-refractivity contribution in [1.82, 2.24) is 4.98 Å². The SMILES string of the molecule is COC(=O)c1cc2[nH]cc(Br)c2cc1F. The van der Waals surface area contributed by atoms with E-state index >= 15 is 0 Å². The van der Waals surface area contributed by atoms with Crippen LogP contribution in [-0.4, -0.2) is 18.1 Å². The van der Waals surface area contributed by atoms with E-state index < -0.39 is 11.8 Å². The summed E-state index contributed by atoms with van der Waals surface area (Å²) in [6, 6.07) is 2.73. The minimum atomic E-state index is -0.680. The fourth-order valence-electron chi connectivity index (χ4n) is 1.38. The molecule has 0 aliphatic rings. The van der Waals surface area contributed by atoms with Crippen molar-refractivity contribution in [1.29, 1.82) is 0 Å². The molecule has 2 rings (SSSR count). The summed E-state index contributed by atoms with van der Waals surface area (Å²) in [5.41, 5.74) is 0.614. The Hall–Kier alpha value is -1.36. The van der Waals surface area contributed by atoms with E-state index in [0.717, 1.165) is 4.47 Å². The van der Waals surface area contributed by atoms with Crippen LogP contribution >= 0.6 is 15.9 Å². The number of carbonyl (C=O) groups excluding carboxylic acids is 1. The number of hydrogen-bond donors (Lipinski definition) is 1. The molecule has 0 aliphatic carbocycles. The number of benzene rings is 1. The molecule has 0 unspecified atom stereocenters. The predicted molar refractivity (Wildman–Crippen MR) is 57.3 cm³/mol. The summed E-state index contributed by atoms with van der Waals surface area (Å²) in [6.07, 6.45) is 1.69. The largest absolute Gasteiger partial charge is 0.465 e. The number of H-pyrrole nitrogens is 1. The number of methoxy groups -OCH3 is 1. The van der Waals surface area contributed by atoms with Gasteiger partial charge in [0.1, 0.15) is 5.82 Å². The second-order valence-electron chi connectivity index (χ2n) is 3.01. The summed E-state index contributed by atoms with van der Waals surface area (Å²) >= 11 is 3.27. The van der Waals surface area contributed by atoms with E-state index in [1.54, 1.807) is 6.20 Å². The van der Waals surface area contributed by atoms with Crippen LogP contribution < -0.4 is 0 Å². The van der Waals surface area contributed by atoms with Gasteiger partial charge in [-0.3, -0.25) is 0 Å². The van der Waals surface area contributed by atoms with E-state index in [0.29, 0.717) is 10.9 Å². The Balaban J connectivity index is 2.68. The second-order valence-corrected chi connectivity index (χ2v) is 3.86. The van der Waals surface area contributed by atoms with E-state index in [-0.39, 0.29) is 5.56 Å². The molecule has 1 aromatic heterocycles. The molecule has 0 atom stereocenters. The highest BCUT2D eigenvalue weighted by Crippen LogP contribution is 2.26. The zero-order valence-electron chi connectivity index (χ0n) is 7.80. The maximum absolute atomic E-state index is 13.5. The lowest BCUT2D eigenvalue weighted by atomic mass is 10.1. The lowest BCUT2D eigenvalue weighted by Gasteiger charge is -2.01. The molecule has 0 spiro atoms. The number of hydrogen-bond acceptors (Lipinski definition) is 2. The molecular weight excluding hydrogens is 265 g/mol. The normalized spacial score (nSPS) is 10.6. The summed E-state index contributed by atoms with van der Waals surface area (Å²) in [5.74, 6) is -1.27. The Morgan fingerprint density at radius 2 is 2.27 bits per heavy atom. The number of ether oxygens (including phenoxy) is 1. The Morgan fingerprint density at radius 3 is 2.93 bits per heavy atom. The molecule has 2 aromatic rings. The number of carbonyl (C=O) groups is 1. The summed E-state index contributed by atoms with van der Waals surface area (Å²) in [7, 11) is 1.22. The van der Waals surface area contributed by atoms with E-state index in [9.17, 15) is 9.18 Å². The van der Waals surface area contributed by atoms with Crippen LogP contribution in [0.25, 0.3) is 10.9 Å². The minimum absolute atomic E-state index is 0.0700. The molecule has 0 bridgehead atoms. The average molecular weight is 272 g/mol. The lowest BCUT2D eigenvalue weighted by molar-refractivity contribution is 0.0595. The molecule has 0 aliphatic heterocycles. The van der Waals surface area contributed by atoms with Crippen LogP contribution in [0.2, 0.25) is 0 Å². The molecule has 1 heterocycles. The molecule has 1 N–H and O–H groups in total. The Morgan fingerprint density at radius 1 is 1.53 bits per heavy atom. The van der Waals surface area contributed by atoms with Crippen molar-refractivity contribution in [2.75, 3.05) is 7.11 Å². The smallest absolute Gasteiger partial charge is 0.340 e. The monoisotopic (exact) mass is 271 g/mol. The number of esters is 1. The van der Waals surface area contributed by atoms with Gasteiger partial charge in [0.15, 0.2) is 0 Å². The first-order valence-corrected chi connectivity index (χ1v) is 4.97. The van der Waals surface area contributed by atoms with Gasteiger partial charge >= 0.3 is 5.97 Å². The highest BCUT2D eigenvalue weighted by atomic mass is 79.9. The summed E-state index contributed by atoms with van der Waals surface area (Å²) in [4.78, 5) is 14.1. The molecule has 0 amide bonds. The fourth-order valence-corrected chi connectivity index (χ4v) is 1.82. The zero-order valence-corrected chi connectivity index (χ0v) is 9.39. The first-order valence-electron chi connectivity index (χ1n) is 4.18. The summed E-state index contributed by atoms with van der Waals surface area (Å²) in [6.45, 7) is 0. The molecular formula is C10H7BrFNO2. The third kappa shape index (κ3) is 1.63. The van der Waals surface area contributed by atoms with Crippen LogP contribution in [-0.2, 0) is 4.74 Å². The van der Waals surface area contributed by atoms with Crippen LogP contribution in [0, 0.1) is 5.82 Å². The molecule has 1 aromatic carbocycles. The maximum Gasteiger partial charge on any atom is 0.340 e. The van der Waals surface area contributed by atoms with Crippen molar-refractivity contribution in [2.45, 2.75) is 0 Å². The summed E-state index contributed by atoms with van der Waals surface area (Å²) in [5, 5.41) is 0.695. The first kappa shape index (κ1) is 10.2. The molecule has 15 heavy (non-hydrogen) atoms. The topological polar surface area (TPSA) is 42.1 Å². The number of halogens is 2. The van der Waals surface area contributed by atoms with E-state index in [2.05, 4.69) is 25.7 Å². The number of rotatable bonds is 1. The van der Waals surface area contributed by atoms with Gasteiger partial charge in [0.05, 0.1) is 12.7 Å². The van der Waals surface area contributed by atoms with E-state index in [1.807, 2.05) is 0 Å². The van der Waals surface area contributed by atoms with Gasteiger partial charge in [-0.2, -0.15) is 0 Å². The van der Waals surface area contributed by atoms with Crippen molar-refractivity contribution >= 4 is 32.8 Å². The van der Waals surface area contributed by atoms with E-state index in [1.165, 1.54) is 19.2 Å². The van der Waals surface area contributed by atoms with Crippen molar-refractivity contribution in [3.63, 3.8) is 0 Å². The standard InChI is InChI=1S/C10H7BrFNO2/c1-15-10(14)6-3-9-5(2-8(6)12)7(11)4-13-9/h2-4,13H,1H3. The van der Waals surface area contributed by atoms with Crippen molar-refractivity contribution in [2.24, 2.45) is 0 Å². The Labute approximate surface area is 93.4 Å². The zero-order chi connectivity index (χ0) is 11.0. The molecule has 0 saturated carbocycles. The molecule has 3 nitrogen and oxygen atoms in total. The van der Waals surface area contributed by atoms with Crippen LogP contribution in [0.5, 0.6) is 0 Å². The summed E-state index contributed by atoms with van der Waals surface area (Å²) < 4.78 is 18.7. The Kier molecular flexibility index (Phi) is 2.48. The van der Waals surface area contributed by atoms with Crippen molar-refractivity contribution in [3.05, 3.63) is 34.2 Å². The van der Waals surface area contributed by atoms with Gasteiger partial charge in [-0.1, -0.05) is 0 Å².